The van der Waals surface area contributed by atoms with Gasteiger partial charge in [-0.25, -0.2) is 0 Å². The van der Waals surface area contributed by atoms with Crippen LogP contribution in [0.1, 0.15) is 50.8 Å². The molecule has 1 aliphatic heterocycles. The quantitative estimate of drug-likeness (QED) is 0.868. The van der Waals surface area contributed by atoms with Gasteiger partial charge >= 0.3 is 0 Å². The molecule has 0 aromatic heterocycles. The van der Waals surface area contributed by atoms with Crippen molar-refractivity contribution in [2.24, 2.45) is 5.73 Å². The second kappa shape index (κ2) is 6.70. The predicted octanol–water partition coefficient (Wildman–Crippen LogP) is 3.22. The minimum absolute atomic E-state index is 0.0244. The lowest BCUT2D eigenvalue weighted by atomic mass is 9.86. The van der Waals surface area contributed by atoms with E-state index in [0.29, 0.717) is 6.61 Å². The molecular weight excluding hydrogens is 250 g/mol. The summed E-state index contributed by atoms with van der Waals surface area (Å²) in [5.41, 5.74) is 8.85. The molecule has 0 aliphatic carbocycles. The van der Waals surface area contributed by atoms with Gasteiger partial charge in [0.05, 0.1) is 18.3 Å². The fourth-order valence-corrected chi connectivity index (χ4v) is 2.95. The van der Waals surface area contributed by atoms with E-state index >= 15 is 0 Å². The van der Waals surface area contributed by atoms with Crippen LogP contribution in [-0.2, 0) is 15.9 Å². The molecule has 2 N–H and O–H groups in total. The van der Waals surface area contributed by atoms with Gasteiger partial charge in [-0.15, -0.1) is 0 Å². The van der Waals surface area contributed by atoms with E-state index in [-0.39, 0.29) is 17.7 Å². The van der Waals surface area contributed by atoms with E-state index in [9.17, 15) is 0 Å². The maximum absolute atomic E-state index is 6.43. The fourth-order valence-electron chi connectivity index (χ4n) is 2.95. The molecule has 20 heavy (non-hydrogen) atoms. The summed E-state index contributed by atoms with van der Waals surface area (Å²) in [5.74, 6) is 0. The van der Waals surface area contributed by atoms with Crippen LogP contribution in [0.3, 0.4) is 0 Å². The molecule has 112 valence electrons. The van der Waals surface area contributed by atoms with Gasteiger partial charge in [-0.05, 0) is 44.2 Å². The Bertz CT molecular complexity index is 435. The highest BCUT2D eigenvalue weighted by Gasteiger charge is 2.34. The van der Waals surface area contributed by atoms with Gasteiger partial charge < -0.3 is 15.2 Å². The van der Waals surface area contributed by atoms with Gasteiger partial charge in [0, 0.05) is 12.6 Å². The molecule has 0 amide bonds. The first-order chi connectivity index (χ1) is 9.60. The monoisotopic (exact) mass is 277 g/mol. The highest BCUT2D eigenvalue weighted by atomic mass is 16.5. The van der Waals surface area contributed by atoms with Crippen LogP contribution in [0.25, 0.3) is 0 Å². The third kappa shape index (κ3) is 3.22. The van der Waals surface area contributed by atoms with E-state index in [1.807, 2.05) is 6.92 Å². The lowest BCUT2D eigenvalue weighted by Crippen LogP contribution is -2.48. The van der Waals surface area contributed by atoms with Crippen molar-refractivity contribution in [3.63, 3.8) is 0 Å². The van der Waals surface area contributed by atoms with Crippen LogP contribution in [0.15, 0.2) is 24.3 Å². The molecule has 0 radical (unpaired) electrons. The van der Waals surface area contributed by atoms with Crippen molar-refractivity contribution in [1.29, 1.82) is 0 Å². The van der Waals surface area contributed by atoms with Gasteiger partial charge in [-0.1, -0.05) is 31.2 Å². The van der Waals surface area contributed by atoms with Gasteiger partial charge in [0.15, 0.2) is 0 Å². The lowest BCUT2D eigenvalue weighted by molar-refractivity contribution is -0.0638. The molecule has 0 bridgehead atoms. The average molecular weight is 277 g/mol. The minimum atomic E-state index is -0.273. The summed E-state index contributed by atoms with van der Waals surface area (Å²) >= 11 is 0. The van der Waals surface area contributed by atoms with E-state index < -0.39 is 0 Å². The Labute approximate surface area is 122 Å². The highest BCUT2D eigenvalue weighted by Crippen LogP contribution is 2.33. The van der Waals surface area contributed by atoms with Crippen LogP contribution in [-0.4, -0.2) is 24.9 Å². The first-order valence-corrected chi connectivity index (χ1v) is 7.69. The van der Waals surface area contributed by atoms with E-state index in [1.165, 1.54) is 11.1 Å². The predicted molar refractivity (Wildman–Crippen MR) is 81.8 cm³/mol. The van der Waals surface area contributed by atoms with Gasteiger partial charge in [-0.2, -0.15) is 0 Å². The SMILES string of the molecule is CCOC(C)(CC)C(N)CC1OCCc2ccccc21. The summed E-state index contributed by atoms with van der Waals surface area (Å²) in [6.45, 7) is 7.74. The Kier molecular flexibility index (Phi) is 5.19. The van der Waals surface area contributed by atoms with Crippen molar-refractivity contribution in [1.82, 2.24) is 0 Å². The van der Waals surface area contributed by atoms with Gasteiger partial charge in [0.25, 0.3) is 0 Å². The summed E-state index contributed by atoms with van der Waals surface area (Å²) < 4.78 is 11.8. The zero-order chi connectivity index (χ0) is 14.6. The van der Waals surface area contributed by atoms with Crippen molar-refractivity contribution < 1.29 is 9.47 Å². The molecule has 1 aromatic rings. The Hall–Kier alpha value is -0.900. The number of benzene rings is 1. The van der Waals surface area contributed by atoms with Crippen LogP contribution in [0.5, 0.6) is 0 Å². The summed E-state index contributed by atoms with van der Waals surface area (Å²) in [5, 5.41) is 0. The summed E-state index contributed by atoms with van der Waals surface area (Å²) in [7, 11) is 0. The van der Waals surface area contributed by atoms with Crippen molar-refractivity contribution in [3.8, 4) is 0 Å². The molecule has 3 heteroatoms. The number of hydrogen-bond donors (Lipinski definition) is 1. The van der Waals surface area contributed by atoms with Gasteiger partial charge in [0.1, 0.15) is 0 Å². The normalized spacial score (nSPS) is 22.9. The topological polar surface area (TPSA) is 44.5 Å². The molecule has 0 fully saturated rings. The first-order valence-electron chi connectivity index (χ1n) is 7.69. The van der Waals surface area contributed by atoms with Crippen LogP contribution < -0.4 is 5.73 Å². The molecule has 1 heterocycles. The third-order valence-corrected chi connectivity index (χ3v) is 4.52. The maximum atomic E-state index is 6.43. The Morgan fingerprint density at radius 1 is 1.40 bits per heavy atom. The number of nitrogens with two attached hydrogens (primary N) is 1. The lowest BCUT2D eigenvalue weighted by Gasteiger charge is -2.37. The largest absolute Gasteiger partial charge is 0.374 e. The van der Waals surface area contributed by atoms with E-state index in [0.717, 1.165) is 25.9 Å². The van der Waals surface area contributed by atoms with Crippen LogP contribution >= 0.6 is 0 Å². The number of hydrogen-bond acceptors (Lipinski definition) is 3. The molecule has 3 unspecified atom stereocenters. The standard InChI is InChI=1S/C17H27NO2/c1-4-17(3,20-5-2)16(18)12-15-14-9-7-6-8-13(14)10-11-19-15/h6-9,15-16H,4-5,10-12,18H2,1-3H3. The van der Waals surface area contributed by atoms with Crippen molar-refractivity contribution in [2.75, 3.05) is 13.2 Å². The molecule has 2 rings (SSSR count). The van der Waals surface area contributed by atoms with Gasteiger partial charge in [-0.3, -0.25) is 0 Å². The van der Waals surface area contributed by atoms with Crippen molar-refractivity contribution >= 4 is 0 Å². The summed E-state index contributed by atoms with van der Waals surface area (Å²) in [6, 6.07) is 8.50. The molecule has 1 aliphatic rings. The molecule has 1 aromatic carbocycles. The van der Waals surface area contributed by atoms with E-state index in [2.05, 4.69) is 38.1 Å². The van der Waals surface area contributed by atoms with Crippen LogP contribution in [0.2, 0.25) is 0 Å². The van der Waals surface area contributed by atoms with E-state index in [4.69, 9.17) is 15.2 Å². The van der Waals surface area contributed by atoms with Crippen LogP contribution in [0.4, 0.5) is 0 Å². The number of fused-ring (bicyclic) bond motifs is 1. The molecule has 3 nitrogen and oxygen atoms in total. The molecule has 0 saturated carbocycles. The summed E-state index contributed by atoms with van der Waals surface area (Å²) in [6.07, 6.45) is 2.82. The first kappa shape index (κ1) is 15.5. The zero-order valence-electron chi connectivity index (χ0n) is 12.9. The smallest absolute Gasteiger partial charge is 0.0843 e. The van der Waals surface area contributed by atoms with Crippen LogP contribution in [0, 0.1) is 0 Å². The Morgan fingerprint density at radius 2 is 2.15 bits per heavy atom. The minimum Gasteiger partial charge on any atom is -0.374 e. The highest BCUT2D eigenvalue weighted by molar-refractivity contribution is 5.31. The average Bonchev–Trinajstić information content (AvgIpc) is 2.47. The molecule has 0 spiro atoms. The Balaban J connectivity index is 2.11. The second-order valence-electron chi connectivity index (χ2n) is 5.75. The van der Waals surface area contributed by atoms with E-state index in [1.54, 1.807) is 0 Å². The number of rotatable bonds is 6. The van der Waals surface area contributed by atoms with Crippen molar-refractivity contribution in [2.45, 2.75) is 57.8 Å². The third-order valence-electron chi connectivity index (χ3n) is 4.52. The summed E-state index contributed by atoms with van der Waals surface area (Å²) in [4.78, 5) is 0. The molecule has 0 saturated heterocycles. The maximum Gasteiger partial charge on any atom is 0.0843 e. The second-order valence-corrected chi connectivity index (χ2v) is 5.75. The Morgan fingerprint density at radius 3 is 2.85 bits per heavy atom. The zero-order valence-corrected chi connectivity index (χ0v) is 12.9. The molecular formula is C17H27NO2. The van der Waals surface area contributed by atoms with Crippen molar-refractivity contribution in [3.05, 3.63) is 35.4 Å². The fraction of sp³-hybridized carbons (Fsp3) is 0.647. The number of ether oxygens (including phenoxy) is 2. The van der Waals surface area contributed by atoms with Gasteiger partial charge in [0.2, 0.25) is 0 Å². The molecule has 3 atom stereocenters.